The van der Waals surface area contributed by atoms with Crippen molar-refractivity contribution in [2.45, 2.75) is 37.8 Å². The van der Waals surface area contributed by atoms with Gasteiger partial charge >= 0.3 is 11.9 Å². The molecule has 88 valence electrons. The zero-order chi connectivity index (χ0) is 11.9. The van der Waals surface area contributed by atoms with Crippen molar-refractivity contribution in [1.82, 2.24) is 0 Å². The van der Waals surface area contributed by atoms with E-state index in [2.05, 4.69) is 0 Å². The predicted molar refractivity (Wildman–Crippen MR) is 43.5 cm³/mol. The van der Waals surface area contributed by atoms with Crippen LogP contribution in [0.25, 0.3) is 0 Å². The van der Waals surface area contributed by atoms with Gasteiger partial charge in [0.2, 0.25) is 0 Å². The van der Waals surface area contributed by atoms with Crippen LogP contribution in [0.1, 0.15) is 13.8 Å². The van der Waals surface area contributed by atoms with Gasteiger partial charge in [0, 0.05) is 0 Å². The first-order valence-corrected chi connectivity index (χ1v) is 4.28. The third-order valence-electron chi connectivity index (χ3n) is 2.04. The summed E-state index contributed by atoms with van der Waals surface area (Å²) in [7, 11) is 0. The van der Waals surface area contributed by atoms with Crippen LogP contribution in [-0.4, -0.2) is 46.7 Å². The van der Waals surface area contributed by atoms with Gasteiger partial charge in [-0.05, 0) is 13.8 Å². The molecule has 1 heterocycles. The summed E-state index contributed by atoms with van der Waals surface area (Å²) in [5, 5.41) is 17.3. The molecular formula is C8H12F2O5. The maximum Gasteiger partial charge on any atom is 0.377 e. The van der Waals surface area contributed by atoms with Crippen molar-refractivity contribution < 1.29 is 33.3 Å². The maximum atomic E-state index is 12.9. The molecule has 0 aromatic carbocycles. The Hall–Kier alpha value is -0.790. The van der Waals surface area contributed by atoms with Gasteiger partial charge < -0.3 is 19.7 Å². The number of hydrogen-bond donors (Lipinski definition) is 2. The van der Waals surface area contributed by atoms with Crippen LogP contribution in [0.3, 0.4) is 0 Å². The maximum absolute atomic E-state index is 12.9. The fourth-order valence-corrected chi connectivity index (χ4v) is 1.23. The molecule has 0 saturated carbocycles. The third kappa shape index (κ3) is 2.42. The van der Waals surface area contributed by atoms with Gasteiger partial charge in [-0.1, -0.05) is 0 Å². The molecule has 2 N–H and O–H groups in total. The van der Waals surface area contributed by atoms with Crippen LogP contribution in [0.2, 0.25) is 0 Å². The predicted octanol–water partition coefficient (Wildman–Crippen LogP) is 0.219. The number of aliphatic hydroxyl groups excluding tert-OH is 1. The van der Waals surface area contributed by atoms with E-state index < -0.39 is 29.9 Å². The minimum Gasteiger partial charge on any atom is -0.477 e. The van der Waals surface area contributed by atoms with E-state index in [4.69, 9.17) is 19.7 Å². The normalized spacial score (nSPS) is 27.7. The van der Waals surface area contributed by atoms with Gasteiger partial charge in [-0.2, -0.15) is 8.78 Å². The van der Waals surface area contributed by atoms with E-state index >= 15 is 0 Å². The minimum atomic E-state index is -4.24. The smallest absolute Gasteiger partial charge is 0.377 e. The van der Waals surface area contributed by atoms with Gasteiger partial charge in [-0.25, -0.2) is 4.79 Å². The molecule has 1 aliphatic rings. The first-order chi connectivity index (χ1) is 6.67. The molecule has 0 aromatic rings. The first-order valence-electron chi connectivity index (χ1n) is 4.28. The average molecular weight is 226 g/mol. The lowest BCUT2D eigenvalue weighted by Crippen LogP contribution is -2.49. The molecule has 1 unspecified atom stereocenters. The molecule has 0 spiro atoms. The number of aliphatic carboxylic acids is 1. The van der Waals surface area contributed by atoms with Crippen LogP contribution in [-0.2, 0) is 14.3 Å². The standard InChI is InChI=1S/C8H12F2O5/c1-7(2)14-3-4(15-7)5(11)8(9,10)6(12)13/h4-5,11H,3H2,1-2H3,(H,12,13)/t4?,5-/m0/s1. The number of alkyl halides is 2. The van der Waals surface area contributed by atoms with E-state index in [9.17, 15) is 13.6 Å². The summed E-state index contributed by atoms with van der Waals surface area (Å²) in [6, 6.07) is 0. The van der Waals surface area contributed by atoms with Crippen LogP contribution in [0.15, 0.2) is 0 Å². The highest BCUT2D eigenvalue weighted by atomic mass is 19.3. The minimum absolute atomic E-state index is 0.267. The number of carbonyl (C=O) groups is 1. The molecule has 0 aromatic heterocycles. The highest BCUT2D eigenvalue weighted by Crippen LogP contribution is 2.30. The molecule has 0 aliphatic carbocycles. The van der Waals surface area contributed by atoms with Gasteiger partial charge in [-0.15, -0.1) is 0 Å². The van der Waals surface area contributed by atoms with Crippen LogP contribution in [0, 0.1) is 0 Å². The fraction of sp³-hybridized carbons (Fsp3) is 0.875. The first kappa shape index (κ1) is 12.3. The van der Waals surface area contributed by atoms with E-state index in [0.29, 0.717) is 0 Å². The molecule has 15 heavy (non-hydrogen) atoms. The van der Waals surface area contributed by atoms with Crippen molar-refractivity contribution in [2.24, 2.45) is 0 Å². The summed E-state index contributed by atoms with van der Waals surface area (Å²) < 4.78 is 35.6. The summed E-state index contributed by atoms with van der Waals surface area (Å²) in [6.45, 7) is 2.70. The van der Waals surface area contributed by atoms with Crippen LogP contribution in [0.4, 0.5) is 8.78 Å². The summed E-state index contributed by atoms with van der Waals surface area (Å²) in [6.07, 6.45) is -3.76. The fourth-order valence-electron chi connectivity index (χ4n) is 1.23. The highest BCUT2D eigenvalue weighted by Gasteiger charge is 2.53. The Balaban J connectivity index is 2.70. The molecule has 7 heteroatoms. The molecule has 0 radical (unpaired) electrons. The number of hydrogen-bond acceptors (Lipinski definition) is 4. The highest BCUT2D eigenvalue weighted by molar-refractivity contribution is 5.76. The topological polar surface area (TPSA) is 76.0 Å². The van der Waals surface area contributed by atoms with Gasteiger partial charge in [-0.3, -0.25) is 0 Å². The molecule has 1 saturated heterocycles. The van der Waals surface area contributed by atoms with Gasteiger partial charge in [0.15, 0.2) is 11.9 Å². The molecular weight excluding hydrogens is 214 g/mol. The Labute approximate surface area is 84.6 Å². The monoisotopic (exact) mass is 226 g/mol. The quantitative estimate of drug-likeness (QED) is 0.719. The van der Waals surface area contributed by atoms with Crippen molar-refractivity contribution >= 4 is 5.97 Å². The van der Waals surface area contributed by atoms with Gasteiger partial charge in [0.05, 0.1) is 6.61 Å². The molecule has 2 atom stereocenters. The Morgan fingerprint density at radius 3 is 2.47 bits per heavy atom. The molecule has 1 rings (SSSR count). The lowest BCUT2D eigenvalue weighted by molar-refractivity contribution is -0.206. The second kappa shape index (κ2) is 3.66. The van der Waals surface area contributed by atoms with Crippen molar-refractivity contribution in [3.05, 3.63) is 0 Å². The summed E-state index contributed by atoms with van der Waals surface area (Å²) in [5.74, 6) is -7.71. The van der Waals surface area contributed by atoms with Crippen molar-refractivity contribution in [3.8, 4) is 0 Å². The summed E-state index contributed by atoms with van der Waals surface area (Å²) >= 11 is 0. The average Bonchev–Trinajstić information content (AvgIpc) is 2.44. The van der Waals surface area contributed by atoms with Crippen molar-refractivity contribution in [3.63, 3.8) is 0 Å². The lowest BCUT2D eigenvalue weighted by atomic mass is 10.1. The molecule has 1 aliphatic heterocycles. The number of halogens is 2. The van der Waals surface area contributed by atoms with Gasteiger partial charge in [0.25, 0.3) is 0 Å². The number of ether oxygens (including phenoxy) is 2. The Morgan fingerprint density at radius 1 is 1.60 bits per heavy atom. The second-order valence-corrected chi connectivity index (χ2v) is 3.74. The Kier molecular flexibility index (Phi) is 2.99. The molecule has 0 amide bonds. The van der Waals surface area contributed by atoms with E-state index in [1.165, 1.54) is 13.8 Å². The molecule has 5 nitrogen and oxygen atoms in total. The SMILES string of the molecule is CC1(C)OCC([C@H](O)C(F)(F)C(=O)O)O1. The zero-order valence-electron chi connectivity index (χ0n) is 8.24. The van der Waals surface area contributed by atoms with Crippen LogP contribution in [0.5, 0.6) is 0 Å². The lowest BCUT2D eigenvalue weighted by Gasteiger charge is -2.24. The Morgan fingerprint density at radius 2 is 2.13 bits per heavy atom. The van der Waals surface area contributed by atoms with E-state index in [1.54, 1.807) is 0 Å². The third-order valence-corrected chi connectivity index (χ3v) is 2.04. The summed E-state index contributed by atoms with van der Waals surface area (Å²) in [4.78, 5) is 10.2. The largest absolute Gasteiger partial charge is 0.477 e. The van der Waals surface area contributed by atoms with E-state index in [1.807, 2.05) is 0 Å². The van der Waals surface area contributed by atoms with Crippen LogP contribution < -0.4 is 0 Å². The Bertz CT molecular complexity index is 266. The summed E-state index contributed by atoms with van der Waals surface area (Å²) in [5.41, 5.74) is 0. The number of carboxylic acids is 1. The van der Waals surface area contributed by atoms with E-state index in [0.717, 1.165) is 0 Å². The van der Waals surface area contributed by atoms with Crippen molar-refractivity contribution in [1.29, 1.82) is 0 Å². The number of rotatable bonds is 3. The zero-order valence-corrected chi connectivity index (χ0v) is 8.24. The molecule has 0 bridgehead atoms. The van der Waals surface area contributed by atoms with E-state index in [-0.39, 0.29) is 6.61 Å². The number of aliphatic hydroxyl groups is 1. The number of carboxylic acid groups (broad SMARTS) is 1. The molecule has 1 fully saturated rings. The van der Waals surface area contributed by atoms with Gasteiger partial charge in [0.1, 0.15) is 6.10 Å². The van der Waals surface area contributed by atoms with Crippen molar-refractivity contribution in [2.75, 3.05) is 6.61 Å². The second-order valence-electron chi connectivity index (χ2n) is 3.74. The van der Waals surface area contributed by atoms with Crippen LogP contribution >= 0.6 is 0 Å².